The third-order valence-electron chi connectivity index (χ3n) is 5.45. The van der Waals surface area contributed by atoms with E-state index in [1.807, 2.05) is 19.9 Å². The van der Waals surface area contributed by atoms with Crippen molar-refractivity contribution < 1.29 is 24.5 Å². The number of aliphatic hydroxyl groups excluding tert-OH is 2. The van der Waals surface area contributed by atoms with E-state index < -0.39 is 30.1 Å². The molecule has 0 spiro atoms. The minimum Gasteiger partial charge on any atom is -0.481 e. The lowest BCUT2D eigenvalue weighted by molar-refractivity contribution is -0.145. The van der Waals surface area contributed by atoms with Gasteiger partial charge in [0.05, 0.1) is 24.4 Å². The Morgan fingerprint density at radius 2 is 2.03 bits per heavy atom. The van der Waals surface area contributed by atoms with Crippen molar-refractivity contribution in [3.05, 3.63) is 35.3 Å². The van der Waals surface area contributed by atoms with Crippen LogP contribution in [0.1, 0.15) is 35.4 Å². The smallest absolute Gasteiger partial charge is 0.309 e. The van der Waals surface area contributed by atoms with Crippen LogP contribution in [0.25, 0.3) is 11.2 Å². The fourth-order valence-electron chi connectivity index (χ4n) is 3.67. The molecule has 10 heteroatoms. The van der Waals surface area contributed by atoms with Gasteiger partial charge in [0.2, 0.25) is 5.82 Å². The summed E-state index contributed by atoms with van der Waals surface area (Å²) in [5.41, 5.74) is 1.83. The second-order valence-electron chi connectivity index (χ2n) is 7.30. The van der Waals surface area contributed by atoms with Gasteiger partial charge in [-0.2, -0.15) is 0 Å². The van der Waals surface area contributed by atoms with Gasteiger partial charge in [-0.25, -0.2) is 15.0 Å². The number of imidazole rings is 1. The topological polar surface area (TPSA) is 147 Å². The van der Waals surface area contributed by atoms with Crippen molar-refractivity contribution in [1.29, 1.82) is 0 Å². The average molecular weight is 411 g/mol. The molecule has 3 aromatic rings. The molecule has 1 saturated carbocycles. The van der Waals surface area contributed by atoms with Gasteiger partial charge in [-0.1, -0.05) is 0 Å². The van der Waals surface area contributed by atoms with E-state index in [9.17, 15) is 20.1 Å². The molecule has 0 amide bonds. The molecule has 10 nitrogen and oxygen atoms in total. The second kappa shape index (κ2) is 7.44. The molecule has 4 atom stereocenters. The van der Waals surface area contributed by atoms with Gasteiger partial charge < -0.3 is 29.6 Å². The van der Waals surface area contributed by atoms with E-state index in [0.717, 1.165) is 11.3 Å². The molecular formula is C20H21N5O5. The molecule has 0 aliphatic heterocycles. The third kappa shape index (κ3) is 3.28. The molecule has 0 radical (unpaired) electrons. The number of aromatic nitrogens is 4. The minimum atomic E-state index is -1.37. The van der Waals surface area contributed by atoms with Gasteiger partial charge in [0.15, 0.2) is 22.7 Å². The summed E-state index contributed by atoms with van der Waals surface area (Å²) in [6, 6.07) is 1.13. The third-order valence-corrected chi connectivity index (χ3v) is 5.45. The normalized spacial score (nSPS) is 23.4. The summed E-state index contributed by atoms with van der Waals surface area (Å²) < 4.78 is 7.12. The van der Waals surface area contributed by atoms with E-state index in [1.54, 1.807) is 11.6 Å². The van der Waals surface area contributed by atoms with E-state index in [0.29, 0.717) is 22.7 Å². The molecule has 4 N–H and O–H groups in total. The summed E-state index contributed by atoms with van der Waals surface area (Å²) in [6.45, 7) is 3.78. The van der Waals surface area contributed by atoms with E-state index in [2.05, 4.69) is 32.1 Å². The van der Waals surface area contributed by atoms with Gasteiger partial charge in [-0.15, -0.1) is 0 Å². The number of carboxylic acid groups (broad SMARTS) is 1. The highest BCUT2D eigenvalue weighted by molar-refractivity contribution is 5.83. The van der Waals surface area contributed by atoms with Crippen molar-refractivity contribution in [2.75, 3.05) is 12.4 Å². The Kier molecular flexibility index (Phi) is 4.93. The van der Waals surface area contributed by atoms with Crippen LogP contribution in [-0.4, -0.2) is 60.1 Å². The highest BCUT2D eigenvalue weighted by Crippen LogP contribution is 2.37. The van der Waals surface area contributed by atoms with Gasteiger partial charge in [0.25, 0.3) is 0 Å². The first-order valence-corrected chi connectivity index (χ1v) is 9.40. The number of aliphatic carboxylic acids is 1. The second-order valence-corrected chi connectivity index (χ2v) is 7.30. The van der Waals surface area contributed by atoms with Gasteiger partial charge >= 0.3 is 5.97 Å². The Morgan fingerprint density at radius 1 is 1.27 bits per heavy atom. The van der Waals surface area contributed by atoms with E-state index in [1.165, 1.54) is 6.33 Å². The molecule has 3 aromatic heterocycles. The van der Waals surface area contributed by atoms with Gasteiger partial charge in [0, 0.05) is 7.05 Å². The first kappa shape index (κ1) is 19.9. The summed E-state index contributed by atoms with van der Waals surface area (Å²) >= 11 is 0. The van der Waals surface area contributed by atoms with Crippen LogP contribution in [0, 0.1) is 31.6 Å². The molecule has 0 saturated heterocycles. The van der Waals surface area contributed by atoms with Crippen LogP contribution in [0.15, 0.2) is 16.8 Å². The SMILES string of the molecule is CNc1nc(C#Cc2cc(C)c(C)o2)nc2c1ncn2[C@@H]1C[C@H](C(=O)O)[C@@H](O)[C@H]1O. The number of aryl methyl sites for hydroxylation is 2. The summed E-state index contributed by atoms with van der Waals surface area (Å²) in [6.07, 6.45) is -1.13. The number of fused-ring (bicyclic) bond motifs is 1. The van der Waals surface area contributed by atoms with Crippen molar-refractivity contribution in [3.8, 4) is 11.8 Å². The highest BCUT2D eigenvalue weighted by atomic mass is 16.4. The van der Waals surface area contributed by atoms with Crippen LogP contribution in [0.3, 0.4) is 0 Å². The summed E-state index contributed by atoms with van der Waals surface area (Å²) in [5, 5.41) is 32.8. The lowest BCUT2D eigenvalue weighted by atomic mass is 10.1. The van der Waals surface area contributed by atoms with Crippen LogP contribution >= 0.6 is 0 Å². The number of hydrogen-bond donors (Lipinski definition) is 4. The molecule has 1 fully saturated rings. The summed E-state index contributed by atoms with van der Waals surface area (Å²) in [7, 11) is 1.69. The summed E-state index contributed by atoms with van der Waals surface area (Å²) in [4.78, 5) is 24.5. The van der Waals surface area contributed by atoms with Crippen LogP contribution < -0.4 is 5.32 Å². The fraction of sp³-hybridized carbons (Fsp3) is 0.400. The van der Waals surface area contributed by atoms with Crippen molar-refractivity contribution in [1.82, 2.24) is 19.5 Å². The number of anilines is 1. The first-order chi connectivity index (χ1) is 14.3. The predicted octanol–water partition coefficient (Wildman–Crippen LogP) is 0.845. The molecule has 1 aliphatic carbocycles. The molecule has 1 aliphatic rings. The number of nitrogens with one attached hydrogen (secondary N) is 1. The Labute approximate surface area is 171 Å². The molecule has 3 heterocycles. The molecule has 0 bridgehead atoms. The number of carboxylic acids is 1. The zero-order valence-corrected chi connectivity index (χ0v) is 16.6. The molecule has 0 unspecified atom stereocenters. The maximum atomic E-state index is 11.4. The van der Waals surface area contributed by atoms with Crippen molar-refractivity contribution in [3.63, 3.8) is 0 Å². The Hall–Kier alpha value is -3.42. The Morgan fingerprint density at radius 3 is 2.63 bits per heavy atom. The number of rotatable bonds is 3. The van der Waals surface area contributed by atoms with E-state index in [-0.39, 0.29) is 12.2 Å². The maximum absolute atomic E-state index is 11.4. The largest absolute Gasteiger partial charge is 0.481 e. The van der Waals surface area contributed by atoms with Crippen LogP contribution in [0.4, 0.5) is 5.82 Å². The molecular weight excluding hydrogens is 390 g/mol. The zero-order valence-electron chi connectivity index (χ0n) is 16.6. The van der Waals surface area contributed by atoms with Crippen molar-refractivity contribution in [2.24, 2.45) is 5.92 Å². The summed E-state index contributed by atoms with van der Waals surface area (Å²) in [5.74, 6) is 5.46. The van der Waals surface area contributed by atoms with E-state index in [4.69, 9.17) is 4.42 Å². The number of furan rings is 1. The minimum absolute atomic E-state index is 0.0496. The number of aliphatic hydroxyl groups is 2. The number of carbonyl (C=O) groups is 1. The highest BCUT2D eigenvalue weighted by Gasteiger charge is 2.46. The van der Waals surface area contributed by atoms with Crippen molar-refractivity contribution in [2.45, 2.75) is 38.5 Å². The lowest BCUT2D eigenvalue weighted by Gasteiger charge is -2.18. The quantitative estimate of drug-likeness (QED) is 0.460. The van der Waals surface area contributed by atoms with Crippen LogP contribution in [0.5, 0.6) is 0 Å². The van der Waals surface area contributed by atoms with Crippen LogP contribution in [0.2, 0.25) is 0 Å². The van der Waals surface area contributed by atoms with Gasteiger partial charge in [0.1, 0.15) is 11.9 Å². The number of nitrogens with zero attached hydrogens (tertiary/aromatic N) is 4. The lowest BCUT2D eigenvalue weighted by Crippen LogP contribution is -2.32. The Bertz CT molecular complexity index is 1170. The molecule has 156 valence electrons. The zero-order chi connectivity index (χ0) is 21.6. The van der Waals surface area contributed by atoms with Crippen LogP contribution in [-0.2, 0) is 4.79 Å². The monoisotopic (exact) mass is 411 g/mol. The molecule has 0 aromatic carbocycles. The standard InChI is InChI=1S/C20H21N5O5/c1-9-6-11(30-10(9)2)4-5-14-23-18(21-3)15-19(24-14)25(8-22-15)13-7-12(20(28)29)16(26)17(13)27/h6,8,12-13,16-17,26-27H,7H2,1-3H3,(H,28,29)(H,21,23,24)/t12-,13+,16+,17-/m0/s1. The Balaban J connectivity index is 1.77. The number of hydrogen-bond acceptors (Lipinski definition) is 8. The maximum Gasteiger partial charge on any atom is 0.309 e. The van der Waals surface area contributed by atoms with E-state index >= 15 is 0 Å². The first-order valence-electron chi connectivity index (χ1n) is 9.40. The average Bonchev–Trinajstić information content (AvgIpc) is 3.36. The van der Waals surface area contributed by atoms with Gasteiger partial charge in [-0.3, -0.25) is 4.79 Å². The van der Waals surface area contributed by atoms with Gasteiger partial charge in [-0.05, 0) is 43.7 Å². The van der Waals surface area contributed by atoms with Crippen molar-refractivity contribution >= 4 is 23.0 Å². The molecule has 4 rings (SSSR count). The molecule has 30 heavy (non-hydrogen) atoms. The fourth-order valence-corrected chi connectivity index (χ4v) is 3.67. The predicted molar refractivity (Wildman–Crippen MR) is 106 cm³/mol.